The third-order valence-electron chi connectivity index (χ3n) is 1.02. The fourth-order valence-electron chi connectivity index (χ4n) is 0.580. The van der Waals surface area contributed by atoms with Crippen LogP contribution in [0.3, 0.4) is 0 Å². The van der Waals surface area contributed by atoms with Gasteiger partial charge in [-0.2, -0.15) is 4.99 Å². The largest absolute Gasteiger partial charge is 0.508 e. The van der Waals surface area contributed by atoms with E-state index in [2.05, 4.69) is 4.99 Å². The minimum absolute atomic E-state index is 0.157. The number of phenols is 1. The number of aromatic hydroxyl groups is 1. The van der Waals surface area contributed by atoms with E-state index in [4.69, 9.17) is 5.11 Å². The molecule has 50 valence electrons. The van der Waals surface area contributed by atoms with Crippen molar-refractivity contribution in [1.82, 2.24) is 0 Å². The zero-order valence-corrected chi connectivity index (χ0v) is 5.11. The second-order valence-corrected chi connectivity index (χ2v) is 1.72. The van der Waals surface area contributed by atoms with Crippen molar-refractivity contribution in [3.05, 3.63) is 24.3 Å². The van der Waals surface area contributed by atoms with Gasteiger partial charge in [0.05, 0.1) is 5.69 Å². The average Bonchev–Trinajstić information content (AvgIpc) is 1.95. The van der Waals surface area contributed by atoms with Crippen LogP contribution in [-0.2, 0) is 4.79 Å². The molecule has 0 heterocycles. The molecule has 0 aliphatic heterocycles. The monoisotopic (exact) mass is 135 g/mol. The zero-order chi connectivity index (χ0) is 7.40. The van der Waals surface area contributed by atoms with E-state index in [1.807, 2.05) is 0 Å². The summed E-state index contributed by atoms with van der Waals surface area (Å²) in [6.45, 7) is 0. The Balaban J connectivity index is 3.00. The molecule has 0 aromatic heterocycles. The number of phenolic OH excluding ortho intramolecular Hbond substituents is 1. The van der Waals surface area contributed by atoms with Gasteiger partial charge in [0.25, 0.3) is 0 Å². The number of carbonyl (C=O) groups excluding carboxylic acids is 1. The SMILES string of the molecule is O=C=Nc1ccc(O)cc1. The van der Waals surface area contributed by atoms with Gasteiger partial charge in [-0.05, 0) is 24.3 Å². The molecule has 0 atom stereocenters. The Morgan fingerprint density at radius 3 is 2.40 bits per heavy atom. The summed E-state index contributed by atoms with van der Waals surface area (Å²) in [5.41, 5.74) is 0.493. The number of isocyanates is 1. The van der Waals surface area contributed by atoms with Gasteiger partial charge in [0.15, 0.2) is 0 Å². The van der Waals surface area contributed by atoms with Crippen molar-refractivity contribution in [3.63, 3.8) is 0 Å². The van der Waals surface area contributed by atoms with E-state index < -0.39 is 0 Å². The van der Waals surface area contributed by atoms with E-state index in [-0.39, 0.29) is 5.75 Å². The lowest BCUT2D eigenvalue weighted by molar-refractivity contribution is 0.475. The molecule has 0 aliphatic rings. The summed E-state index contributed by atoms with van der Waals surface area (Å²) in [4.78, 5) is 13.0. The van der Waals surface area contributed by atoms with Crippen molar-refractivity contribution < 1.29 is 9.90 Å². The van der Waals surface area contributed by atoms with E-state index >= 15 is 0 Å². The van der Waals surface area contributed by atoms with Gasteiger partial charge >= 0.3 is 0 Å². The number of nitrogens with zero attached hydrogens (tertiary/aromatic N) is 1. The lowest BCUT2D eigenvalue weighted by Crippen LogP contribution is -1.63. The Morgan fingerprint density at radius 1 is 1.30 bits per heavy atom. The number of hydrogen-bond acceptors (Lipinski definition) is 3. The Bertz CT molecular complexity index is 259. The summed E-state index contributed by atoms with van der Waals surface area (Å²) < 4.78 is 0. The van der Waals surface area contributed by atoms with Crippen LogP contribution in [0, 0.1) is 0 Å². The second kappa shape index (κ2) is 2.80. The highest BCUT2D eigenvalue weighted by molar-refractivity contribution is 5.49. The molecule has 0 radical (unpaired) electrons. The van der Waals surface area contributed by atoms with Gasteiger partial charge in [-0.3, -0.25) is 0 Å². The highest BCUT2D eigenvalue weighted by Gasteiger charge is 1.87. The number of benzene rings is 1. The number of aliphatic imine (C=N–C) groups is 1. The molecular weight excluding hydrogens is 130 g/mol. The molecule has 0 saturated heterocycles. The van der Waals surface area contributed by atoms with Gasteiger partial charge in [0, 0.05) is 0 Å². The summed E-state index contributed by atoms with van der Waals surface area (Å²) in [6.07, 6.45) is 1.40. The van der Waals surface area contributed by atoms with Crippen molar-refractivity contribution >= 4 is 11.8 Å². The van der Waals surface area contributed by atoms with Crippen LogP contribution in [0.1, 0.15) is 0 Å². The molecular formula is C7H5NO2. The lowest BCUT2D eigenvalue weighted by atomic mass is 10.3. The van der Waals surface area contributed by atoms with Crippen LogP contribution in [0.4, 0.5) is 5.69 Å². The van der Waals surface area contributed by atoms with Crippen molar-refractivity contribution in [2.24, 2.45) is 4.99 Å². The van der Waals surface area contributed by atoms with E-state index in [1.54, 1.807) is 0 Å². The maximum Gasteiger partial charge on any atom is 0.240 e. The van der Waals surface area contributed by atoms with Crippen LogP contribution in [0.15, 0.2) is 29.3 Å². The minimum atomic E-state index is 0.157. The maximum atomic E-state index is 9.71. The molecule has 1 N–H and O–H groups in total. The molecule has 1 aromatic carbocycles. The van der Waals surface area contributed by atoms with Crippen LogP contribution < -0.4 is 0 Å². The number of rotatable bonds is 1. The van der Waals surface area contributed by atoms with Crippen LogP contribution in [0.2, 0.25) is 0 Å². The predicted octanol–water partition coefficient (Wildman–Crippen LogP) is 1.36. The summed E-state index contributed by atoms with van der Waals surface area (Å²) >= 11 is 0. The molecule has 1 rings (SSSR count). The first kappa shape index (κ1) is 6.52. The summed E-state index contributed by atoms with van der Waals surface area (Å²) in [5, 5.41) is 8.78. The van der Waals surface area contributed by atoms with Crippen LogP contribution in [0.25, 0.3) is 0 Å². The third-order valence-corrected chi connectivity index (χ3v) is 1.02. The Labute approximate surface area is 57.6 Å². The van der Waals surface area contributed by atoms with Crippen molar-refractivity contribution in [2.75, 3.05) is 0 Å². The van der Waals surface area contributed by atoms with Gasteiger partial charge in [-0.25, -0.2) is 4.79 Å². The van der Waals surface area contributed by atoms with E-state index in [0.717, 1.165) is 0 Å². The van der Waals surface area contributed by atoms with E-state index in [9.17, 15) is 4.79 Å². The first-order valence-corrected chi connectivity index (χ1v) is 2.70. The Morgan fingerprint density at radius 2 is 1.90 bits per heavy atom. The fourth-order valence-corrected chi connectivity index (χ4v) is 0.580. The summed E-state index contributed by atoms with van der Waals surface area (Å²) in [5.74, 6) is 0.157. The van der Waals surface area contributed by atoms with Crippen molar-refractivity contribution in [2.45, 2.75) is 0 Å². The molecule has 0 aliphatic carbocycles. The first-order chi connectivity index (χ1) is 4.83. The second-order valence-electron chi connectivity index (χ2n) is 1.72. The smallest absolute Gasteiger partial charge is 0.240 e. The molecule has 10 heavy (non-hydrogen) atoms. The van der Waals surface area contributed by atoms with Gasteiger partial charge in [0.1, 0.15) is 5.75 Å². The summed E-state index contributed by atoms with van der Waals surface area (Å²) in [6, 6.07) is 5.97. The van der Waals surface area contributed by atoms with Gasteiger partial charge in [-0.15, -0.1) is 0 Å². The van der Waals surface area contributed by atoms with Crippen molar-refractivity contribution in [1.29, 1.82) is 0 Å². The standard InChI is InChI=1S/C7H5NO2/c9-5-8-6-1-3-7(10)4-2-6/h1-4,10H. The normalized spacial score (nSPS) is 8.40. The lowest BCUT2D eigenvalue weighted by Gasteiger charge is -1.89. The molecule has 0 bridgehead atoms. The van der Waals surface area contributed by atoms with Gasteiger partial charge < -0.3 is 5.11 Å². The molecule has 0 amide bonds. The van der Waals surface area contributed by atoms with Crippen molar-refractivity contribution in [3.8, 4) is 5.75 Å². The maximum absolute atomic E-state index is 9.71. The highest BCUT2D eigenvalue weighted by Crippen LogP contribution is 2.15. The third kappa shape index (κ3) is 1.44. The highest BCUT2D eigenvalue weighted by atomic mass is 16.3. The number of hydrogen-bond donors (Lipinski definition) is 1. The molecule has 1 aromatic rings. The quantitative estimate of drug-likeness (QED) is 0.467. The minimum Gasteiger partial charge on any atom is -0.508 e. The first-order valence-electron chi connectivity index (χ1n) is 2.70. The summed E-state index contributed by atoms with van der Waals surface area (Å²) in [7, 11) is 0. The molecule has 0 unspecified atom stereocenters. The Kier molecular flexibility index (Phi) is 1.83. The molecule has 0 saturated carbocycles. The Hall–Kier alpha value is -1.60. The van der Waals surface area contributed by atoms with Gasteiger partial charge in [-0.1, -0.05) is 0 Å². The molecule has 3 heteroatoms. The topological polar surface area (TPSA) is 49.7 Å². The zero-order valence-electron chi connectivity index (χ0n) is 5.11. The molecule has 0 spiro atoms. The predicted molar refractivity (Wildman–Crippen MR) is 35.9 cm³/mol. The van der Waals surface area contributed by atoms with Crippen LogP contribution in [0.5, 0.6) is 5.75 Å². The van der Waals surface area contributed by atoms with E-state index in [0.29, 0.717) is 5.69 Å². The molecule has 0 fully saturated rings. The van der Waals surface area contributed by atoms with E-state index in [1.165, 1.54) is 30.3 Å². The van der Waals surface area contributed by atoms with Crippen LogP contribution >= 0.6 is 0 Å². The van der Waals surface area contributed by atoms with Crippen LogP contribution in [-0.4, -0.2) is 11.2 Å². The fraction of sp³-hybridized carbons (Fsp3) is 0. The average molecular weight is 135 g/mol. The molecule has 3 nitrogen and oxygen atoms in total. The van der Waals surface area contributed by atoms with Gasteiger partial charge in [0.2, 0.25) is 6.08 Å².